The quantitative estimate of drug-likeness (QED) is 0.465. The lowest BCUT2D eigenvalue weighted by Gasteiger charge is -2.16. The first-order chi connectivity index (χ1) is 9.99. The Labute approximate surface area is 124 Å². The summed E-state index contributed by atoms with van der Waals surface area (Å²) >= 11 is -1.05. The van der Waals surface area contributed by atoms with Crippen LogP contribution in [0.4, 0.5) is 26.3 Å². The van der Waals surface area contributed by atoms with Crippen molar-refractivity contribution in [1.82, 2.24) is 0 Å². The van der Waals surface area contributed by atoms with Gasteiger partial charge in [-0.25, -0.2) is 4.79 Å². The van der Waals surface area contributed by atoms with Crippen molar-refractivity contribution >= 4 is 17.7 Å². The van der Waals surface area contributed by atoms with Crippen molar-refractivity contribution in [2.75, 3.05) is 6.61 Å². The van der Waals surface area contributed by atoms with Crippen LogP contribution in [0.5, 0.6) is 0 Å². The molecule has 0 fully saturated rings. The van der Waals surface area contributed by atoms with Crippen LogP contribution in [0.1, 0.15) is 28.4 Å². The summed E-state index contributed by atoms with van der Waals surface area (Å²) in [6, 6.07) is 2.13. The van der Waals surface area contributed by atoms with Gasteiger partial charge in [0.05, 0.1) is 29.4 Å². The molecule has 0 unspecified atom stereocenters. The average Bonchev–Trinajstić information content (AvgIpc) is 2.34. The van der Waals surface area contributed by atoms with Crippen LogP contribution in [-0.4, -0.2) is 18.1 Å². The van der Waals surface area contributed by atoms with E-state index in [0.29, 0.717) is 12.1 Å². The standard InChI is InChI=1S/C12H7F6NO2S/c1-2-21-10(20)6-3-7(5-19)9(11(13,14)15)8(4-6)22-12(16,17)18/h3-4H,2H2,1H3. The van der Waals surface area contributed by atoms with Gasteiger partial charge >= 0.3 is 17.7 Å². The molecule has 1 rings (SSSR count). The third-order valence-corrected chi connectivity index (χ3v) is 3.02. The highest BCUT2D eigenvalue weighted by atomic mass is 32.2. The second kappa shape index (κ2) is 6.48. The van der Waals surface area contributed by atoms with E-state index in [9.17, 15) is 31.1 Å². The number of hydrogen-bond donors (Lipinski definition) is 0. The van der Waals surface area contributed by atoms with E-state index in [1.165, 1.54) is 6.92 Å². The summed E-state index contributed by atoms with van der Waals surface area (Å²) in [5.74, 6) is -1.11. The molecule has 22 heavy (non-hydrogen) atoms. The van der Waals surface area contributed by atoms with Crippen molar-refractivity contribution in [3.05, 3.63) is 28.8 Å². The van der Waals surface area contributed by atoms with Crippen molar-refractivity contribution in [3.63, 3.8) is 0 Å². The summed E-state index contributed by atoms with van der Waals surface area (Å²) < 4.78 is 80.5. The number of hydrogen-bond acceptors (Lipinski definition) is 4. The van der Waals surface area contributed by atoms with Gasteiger partial charge in [-0.05, 0) is 30.8 Å². The van der Waals surface area contributed by atoms with Gasteiger partial charge in [0.1, 0.15) is 0 Å². The third-order valence-electron chi connectivity index (χ3n) is 2.24. The molecule has 0 atom stereocenters. The Morgan fingerprint density at radius 2 is 1.86 bits per heavy atom. The molecular formula is C12H7F6NO2S. The second-order valence-electron chi connectivity index (χ2n) is 3.77. The highest BCUT2D eigenvalue weighted by Crippen LogP contribution is 2.45. The summed E-state index contributed by atoms with van der Waals surface area (Å²) in [6.45, 7) is 1.29. The number of rotatable bonds is 3. The fraction of sp³-hybridized carbons (Fsp3) is 0.333. The minimum Gasteiger partial charge on any atom is -0.462 e. The van der Waals surface area contributed by atoms with Crippen molar-refractivity contribution in [2.24, 2.45) is 0 Å². The molecule has 120 valence electrons. The average molecular weight is 343 g/mol. The Hall–Kier alpha value is -1.89. The van der Waals surface area contributed by atoms with E-state index in [1.54, 1.807) is 0 Å². The largest absolute Gasteiger partial charge is 0.462 e. The lowest BCUT2D eigenvalue weighted by molar-refractivity contribution is -0.140. The molecule has 0 aliphatic rings. The van der Waals surface area contributed by atoms with Gasteiger partial charge in [-0.1, -0.05) is 0 Å². The van der Waals surface area contributed by atoms with Crippen LogP contribution in [0.3, 0.4) is 0 Å². The Balaban J connectivity index is 3.56. The van der Waals surface area contributed by atoms with Crippen LogP contribution in [0.15, 0.2) is 17.0 Å². The number of nitrogens with zero attached hydrogens (tertiary/aromatic N) is 1. The van der Waals surface area contributed by atoms with E-state index < -0.39 is 51.0 Å². The minimum atomic E-state index is -5.17. The molecule has 0 bridgehead atoms. The zero-order valence-electron chi connectivity index (χ0n) is 10.8. The van der Waals surface area contributed by atoms with Gasteiger partial charge in [0.15, 0.2) is 0 Å². The van der Waals surface area contributed by atoms with Gasteiger partial charge in [0, 0.05) is 4.90 Å². The monoisotopic (exact) mass is 343 g/mol. The van der Waals surface area contributed by atoms with Crippen molar-refractivity contribution in [1.29, 1.82) is 5.26 Å². The molecule has 1 aromatic rings. The van der Waals surface area contributed by atoms with E-state index in [1.807, 2.05) is 0 Å². The number of carbonyl (C=O) groups excluding carboxylic acids is 1. The number of alkyl halides is 6. The Morgan fingerprint density at radius 3 is 2.27 bits per heavy atom. The molecule has 0 saturated carbocycles. The number of thioether (sulfide) groups is 1. The SMILES string of the molecule is CCOC(=O)c1cc(C#N)c(C(F)(F)F)c(SC(F)(F)F)c1. The van der Waals surface area contributed by atoms with Gasteiger partial charge in [-0.3, -0.25) is 0 Å². The molecule has 0 radical (unpaired) electrons. The van der Waals surface area contributed by atoms with Crippen LogP contribution >= 0.6 is 11.8 Å². The van der Waals surface area contributed by atoms with Gasteiger partial charge < -0.3 is 4.74 Å². The summed E-state index contributed by atoms with van der Waals surface area (Å²) in [5.41, 5.74) is -8.38. The number of benzene rings is 1. The van der Waals surface area contributed by atoms with Crippen molar-refractivity contribution < 1.29 is 35.9 Å². The lowest BCUT2D eigenvalue weighted by atomic mass is 10.0. The minimum absolute atomic E-state index is 0.122. The summed E-state index contributed by atoms with van der Waals surface area (Å²) in [4.78, 5) is 10.2. The van der Waals surface area contributed by atoms with E-state index >= 15 is 0 Å². The molecule has 10 heteroatoms. The molecule has 0 aliphatic heterocycles. The molecule has 0 N–H and O–H groups in total. The van der Waals surface area contributed by atoms with E-state index in [0.717, 1.165) is 6.07 Å². The zero-order valence-corrected chi connectivity index (χ0v) is 11.6. The number of nitriles is 1. The number of halogens is 6. The van der Waals surface area contributed by atoms with Crippen molar-refractivity contribution in [2.45, 2.75) is 23.5 Å². The number of carbonyl (C=O) groups is 1. The van der Waals surface area contributed by atoms with Crippen LogP contribution < -0.4 is 0 Å². The van der Waals surface area contributed by atoms with Gasteiger partial charge in [0.25, 0.3) is 0 Å². The smallest absolute Gasteiger partial charge is 0.446 e. The fourth-order valence-electron chi connectivity index (χ4n) is 1.53. The Morgan fingerprint density at radius 1 is 1.27 bits per heavy atom. The lowest BCUT2D eigenvalue weighted by Crippen LogP contribution is -2.14. The molecular weight excluding hydrogens is 336 g/mol. The number of esters is 1. The highest BCUT2D eigenvalue weighted by molar-refractivity contribution is 8.00. The first kappa shape index (κ1) is 18.2. The zero-order chi connectivity index (χ0) is 17.1. The summed E-state index contributed by atoms with van der Waals surface area (Å²) in [5, 5.41) is 8.75. The highest BCUT2D eigenvalue weighted by Gasteiger charge is 2.41. The van der Waals surface area contributed by atoms with E-state index in [-0.39, 0.29) is 6.61 Å². The van der Waals surface area contributed by atoms with E-state index in [4.69, 9.17) is 5.26 Å². The maximum atomic E-state index is 12.9. The molecule has 0 spiro atoms. The molecule has 0 saturated heterocycles. The molecule has 0 aliphatic carbocycles. The van der Waals surface area contributed by atoms with Crippen LogP contribution in [0.25, 0.3) is 0 Å². The van der Waals surface area contributed by atoms with E-state index in [2.05, 4.69) is 4.74 Å². The molecule has 0 heterocycles. The molecule has 0 amide bonds. The Bertz CT molecular complexity index is 618. The van der Waals surface area contributed by atoms with Gasteiger partial charge in [0.2, 0.25) is 0 Å². The predicted molar refractivity (Wildman–Crippen MR) is 64.0 cm³/mol. The normalized spacial score (nSPS) is 11.9. The fourth-order valence-corrected chi connectivity index (χ4v) is 2.30. The molecule has 1 aromatic carbocycles. The predicted octanol–water partition coefficient (Wildman–Crippen LogP) is 4.37. The van der Waals surface area contributed by atoms with Crippen LogP contribution in [-0.2, 0) is 10.9 Å². The van der Waals surface area contributed by atoms with Crippen LogP contribution in [0, 0.1) is 11.3 Å². The Kier molecular flexibility index (Phi) is 5.35. The summed E-state index contributed by atoms with van der Waals surface area (Å²) in [7, 11) is 0. The third kappa shape index (κ3) is 4.56. The van der Waals surface area contributed by atoms with Gasteiger partial charge in [-0.2, -0.15) is 31.6 Å². The van der Waals surface area contributed by atoms with Gasteiger partial charge in [-0.15, -0.1) is 0 Å². The topological polar surface area (TPSA) is 50.1 Å². The number of ether oxygens (including phenoxy) is 1. The summed E-state index contributed by atoms with van der Waals surface area (Å²) in [6.07, 6.45) is -5.17. The maximum Gasteiger partial charge on any atom is 0.446 e. The van der Waals surface area contributed by atoms with Crippen molar-refractivity contribution in [3.8, 4) is 6.07 Å². The first-order valence-corrected chi connectivity index (χ1v) is 6.39. The first-order valence-electron chi connectivity index (χ1n) is 5.57. The molecule has 3 nitrogen and oxygen atoms in total. The maximum absolute atomic E-state index is 12.9. The second-order valence-corrected chi connectivity index (χ2v) is 4.88. The van der Waals surface area contributed by atoms with Crippen LogP contribution in [0.2, 0.25) is 0 Å². The molecule has 0 aromatic heterocycles.